The molecule has 2 rings (SSSR count). The monoisotopic (exact) mass is 403 g/mol. The van der Waals surface area contributed by atoms with Gasteiger partial charge in [0.25, 0.3) is 0 Å². The Balaban J connectivity index is 1.75. The van der Waals surface area contributed by atoms with Crippen LogP contribution in [0.1, 0.15) is 40.5 Å². The van der Waals surface area contributed by atoms with Crippen LogP contribution in [0.2, 0.25) is 0 Å². The van der Waals surface area contributed by atoms with Gasteiger partial charge < -0.3 is 10.1 Å². The molecule has 2 aromatic carbocycles. The number of Topliss-reactive ketones (excluding diaryl/α,β-unsaturated/α-hetero) is 1. The summed E-state index contributed by atoms with van der Waals surface area (Å²) in [6, 6.07) is 13.6. The number of ether oxygens (including phenoxy) is 1. The molecule has 0 aromatic heterocycles. The lowest BCUT2D eigenvalue weighted by molar-refractivity contribution is -0.114. The first-order chi connectivity index (χ1) is 12.0. The molecule has 0 heterocycles. The van der Waals surface area contributed by atoms with Crippen molar-refractivity contribution in [2.24, 2.45) is 0 Å². The Hall–Kier alpha value is -2.47. The summed E-state index contributed by atoms with van der Waals surface area (Å²) in [5.41, 5.74) is 1.65. The minimum Gasteiger partial charge on any atom is -0.462 e. The molecule has 25 heavy (non-hydrogen) atoms. The van der Waals surface area contributed by atoms with Crippen molar-refractivity contribution in [3.8, 4) is 0 Å². The number of carbonyl (C=O) groups excluding carboxylic acids is 3. The lowest BCUT2D eigenvalue weighted by Gasteiger charge is -2.06. The number of amides is 1. The number of hydrogen-bond donors (Lipinski definition) is 1. The molecule has 6 heteroatoms. The topological polar surface area (TPSA) is 72.5 Å². The fourth-order valence-corrected chi connectivity index (χ4v) is 2.42. The number of nitrogens with one attached hydrogen (secondary N) is 1. The van der Waals surface area contributed by atoms with Gasteiger partial charge in [-0.2, -0.15) is 0 Å². The lowest BCUT2D eigenvalue weighted by atomic mass is 10.1. The van der Waals surface area contributed by atoms with Gasteiger partial charge in [-0.05, 0) is 42.8 Å². The molecular formula is C19H18BrNO4. The summed E-state index contributed by atoms with van der Waals surface area (Å²) in [5, 5.41) is 2.62. The Morgan fingerprint density at radius 1 is 0.960 bits per heavy atom. The van der Waals surface area contributed by atoms with Crippen LogP contribution in [0.25, 0.3) is 0 Å². The summed E-state index contributed by atoms with van der Waals surface area (Å²) < 4.78 is 6.09. The molecule has 0 unspecified atom stereocenters. The van der Waals surface area contributed by atoms with Crippen molar-refractivity contribution in [3.05, 3.63) is 64.1 Å². The second kappa shape index (κ2) is 9.13. The summed E-state index contributed by atoms with van der Waals surface area (Å²) in [6.45, 7) is 1.59. The molecule has 5 nitrogen and oxygen atoms in total. The number of rotatable bonds is 7. The number of halogens is 1. The van der Waals surface area contributed by atoms with E-state index in [2.05, 4.69) is 21.2 Å². The maximum Gasteiger partial charge on any atom is 0.338 e. The highest BCUT2D eigenvalue weighted by atomic mass is 79.9. The van der Waals surface area contributed by atoms with E-state index < -0.39 is 5.97 Å². The maximum absolute atomic E-state index is 12.0. The second-order valence-electron chi connectivity index (χ2n) is 5.43. The van der Waals surface area contributed by atoms with E-state index in [4.69, 9.17) is 4.74 Å². The van der Waals surface area contributed by atoms with Crippen molar-refractivity contribution in [1.29, 1.82) is 0 Å². The van der Waals surface area contributed by atoms with Gasteiger partial charge in [0.2, 0.25) is 5.91 Å². The van der Waals surface area contributed by atoms with E-state index in [0.29, 0.717) is 29.7 Å². The highest BCUT2D eigenvalue weighted by Crippen LogP contribution is 2.13. The summed E-state index contributed by atoms with van der Waals surface area (Å²) in [5.74, 6) is -0.612. The largest absolute Gasteiger partial charge is 0.462 e. The van der Waals surface area contributed by atoms with Gasteiger partial charge in [0.15, 0.2) is 5.78 Å². The molecule has 1 N–H and O–H groups in total. The van der Waals surface area contributed by atoms with E-state index in [1.165, 1.54) is 6.92 Å². The van der Waals surface area contributed by atoms with Crippen LogP contribution in [0.4, 0.5) is 5.69 Å². The van der Waals surface area contributed by atoms with Gasteiger partial charge in [0, 0.05) is 29.1 Å². The van der Waals surface area contributed by atoms with Gasteiger partial charge in [-0.1, -0.05) is 28.1 Å². The second-order valence-corrected chi connectivity index (χ2v) is 6.34. The summed E-state index contributed by atoms with van der Waals surface area (Å²) in [7, 11) is 0. The molecular weight excluding hydrogens is 386 g/mol. The first-order valence-electron chi connectivity index (χ1n) is 7.79. The van der Waals surface area contributed by atoms with Crippen LogP contribution in [0, 0.1) is 0 Å². The number of benzene rings is 2. The summed E-state index contributed by atoms with van der Waals surface area (Å²) in [4.78, 5) is 34.9. The fourth-order valence-electron chi connectivity index (χ4n) is 2.15. The quantitative estimate of drug-likeness (QED) is 0.426. The number of esters is 1. The van der Waals surface area contributed by atoms with Crippen LogP contribution in [0.3, 0.4) is 0 Å². The number of anilines is 1. The van der Waals surface area contributed by atoms with E-state index in [-0.39, 0.29) is 18.3 Å². The molecule has 0 spiro atoms. The van der Waals surface area contributed by atoms with Crippen LogP contribution in [-0.4, -0.2) is 24.3 Å². The molecule has 2 aromatic rings. The zero-order valence-electron chi connectivity index (χ0n) is 13.8. The molecule has 1 amide bonds. The Labute approximate surface area is 154 Å². The molecule has 0 bridgehead atoms. The predicted molar refractivity (Wildman–Crippen MR) is 98.7 cm³/mol. The average molecular weight is 404 g/mol. The van der Waals surface area contributed by atoms with E-state index in [1.54, 1.807) is 36.4 Å². The average Bonchev–Trinajstić information content (AvgIpc) is 2.59. The predicted octanol–water partition coefficient (Wildman–Crippen LogP) is 4.23. The van der Waals surface area contributed by atoms with Crippen LogP contribution >= 0.6 is 15.9 Å². The van der Waals surface area contributed by atoms with Gasteiger partial charge in [-0.3, -0.25) is 9.59 Å². The van der Waals surface area contributed by atoms with Gasteiger partial charge in [0.05, 0.1) is 12.2 Å². The van der Waals surface area contributed by atoms with Crippen LogP contribution < -0.4 is 5.32 Å². The Morgan fingerprint density at radius 3 is 2.16 bits per heavy atom. The Kier molecular flexibility index (Phi) is 6.89. The minimum absolute atomic E-state index is 0.0169. The van der Waals surface area contributed by atoms with Gasteiger partial charge >= 0.3 is 5.97 Å². The normalized spacial score (nSPS) is 10.2. The number of carbonyl (C=O) groups is 3. The Morgan fingerprint density at radius 2 is 1.56 bits per heavy atom. The van der Waals surface area contributed by atoms with Crippen LogP contribution in [0.5, 0.6) is 0 Å². The van der Waals surface area contributed by atoms with Crippen LogP contribution in [0.15, 0.2) is 53.0 Å². The first kappa shape index (κ1) is 18.9. The Bertz CT molecular complexity index is 754. The van der Waals surface area contributed by atoms with Gasteiger partial charge in [-0.25, -0.2) is 4.79 Å². The molecule has 0 aliphatic carbocycles. The minimum atomic E-state index is -0.453. The SMILES string of the molecule is CC(=O)Nc1ccc(C(=O)OCCCC(=O)c2ccc(Br)cc2)cc1. The third-order valence-electron chi connectivity index (χ3n) is 3.39. The van der Waals surface area contributed by atoms with Crippen molar-refractivity contribution in [2.45, 2.75) is 19.8 Å². The van der Waals surface area contributed by atoms with Gasteiger partial charge in [0.1, 0.15) is 0 Å². The maximum atomic E-state index is 12.0. The van der Waals surface area contributed by atoms with E-state index in [9.17, 15) is 14.4 Å². The molecule has 0 aliphatic heterocycles. The third-order valence-corrected chi connectivity index (χ3v) is 3.92. The molecule has 130 valence electrons. The van der Waals surface area contributed by atoms with Crippen molar-refractivity contribution < 1.29 is 19.1 Å². The third kappa shape index (κ3) is 6.15. The smallest absolute Gasteiger partial charge is 0.338 e. The molecule has 0 saturated carbocycles. The summed E-state index contributed by atoms with van der Waals surface area (Å²) in [6.07, 6.45) is 0.779. The number of ketones is 1. The fraction of sp³-hybridized carbons (Fsp3) is 0.211. The van der Waals surface area contributed by atoms with Crippen molar-refractivity contribution in [1.82, 2.24) is 0 Å². The van der Waals surface area contributed by atoms with Gasteiger partial charge in [-0.15, -0.1) is 0 Å². The van der Waals surface area contributed by atoms with Crippen molar-refractivity contribution in [2.75, 3.05) is 11.9 Å². The molecule has 0 aliphatic rings. The number of hydrogen-bond acceptors (Lipinski definition) is 4. The highest BCUT2D eigenvalue weighted by Gasteiger charge is 2.09. The van der Waals surface area contributed by atoms with Crippen LogP contribution in [-0.2, 0) is 9.53 Å². The molecule has 0 saturated heterocycles. The van der Waals surface area contributed by atoms with E-state index >= 15 is 0 Å². The van der Waals surface area contributed by atoms with Crippen molar-refractivity contribution in [3.63, 3.8) is 0 Å². The van der Waals surface area contributed by atoms with E-state index in [0.717, 1.165) is 4.47 Å². The highest BCUT2D eigenvalue weighted by molar-refractivity contribution is 9.10. The van der Waals surface area contributed by atoms with E-state index in [1.807, 2.05) is 12.1 Å². The molecule has 0 fully saturated rings. The summed E-state index contributed by atoms with van der Waals surface area (Å²) >= 11 is 3.32. The standard InChI is InChI=1S/C19H18BrNO4/c1-13(22)21-17-10-6-15(7-11-17)19(24)25-12-2-3-18(23)14-4-8-16(20)9-5-14/h4-11H,2-3,12H2,1H3,(H,21,22). The zero-order valence-corrected chi connectivity index (χ0v) is 15.3. The molecule has 0 radical (unpaired) electrons. The lowest BCUT2D eigenvalue weighted by Crippen LogP contribution is -2.09. The molecule has 0 atom stereocenters. The zero-order chi connectivity index (χ0) is 18.2. The van der Waals surface area contributed by atoms with Crippen molar-refractivity contribution >= 4 is 39.3 Å². The first-order valence-corrected chi connectivity index (χ1v) is 8.58.